The van der Waals surface area contributed by atoms with Crippen molar-refractivity contribution in [2.45, 2.75) is 42.9 Å². The fraction of sp³-hybridized carbons (Fsp3) is 0.0579. The van der Waals surface area contributed by atoms with E-state index in [1.807, 2.05) is 166 Å². The van der Waals surface area contributed by atoms with Gasteiger partial charge in [-0.15, -0.1) is 0 Å². The van der Waals surface area contributed by atoms with Crippen molar-refractivity contribution in [3.63, 3.8) is 0 Å². The Hall–Kier alpha value is -15.4. The summed E-state index contributed by atoms with van der Waals surface area (Å²) in [6, 6.07) is 80.5. The minimum atomic E-state index is -1.88. The largest absolute Gasteiger partial charge is 0.309 e. The molecule has 2 spiro atoms. The zero-order chi connectivity index (χ0) is 103. The first-order valence-electron chi connectivity index (χ1n) is 53.6. The molecule has 19 aromatic carbocycles. The van der Waals surface area contributed by atoms with Crippen LogP contribution in [0.1, 0.15) is 126 Å². The third-order valence-corrected chi connectivity index (χ3v) is 26.1. The number of aromatic nitrogens is 1. The van der Waals surface area contributed by atoms with E-state index in [0.29, 0.717) is 50.1 Å². The van der Waals surface area contributed by atoms with Crippen LogP contribution in [0.4, 0.5) is 34.1 Å². The smallest absolute Gasteiger partial charge is 0.0725 e. The lowest BCUT2D eigenvalue weighted by Crippen LogP contribution is -2.25. The lowest BCUT2D eigenvalue weighted by molar-refractivity contribution is 0.590. The van der Waals surface area contributed by atoms with Crippen LogP contribution in [0.15, 0.2) is 442 Å². The van der Waals surface area contributed by atoms with Gasteiger partial charge in [0.1, 0.15) is 0 Å². The number of rotatable bonds is 12. The first-order valence-corrected chi connectivity index (χ1v) is 41.6. The second-order valence-electron chi connectivity index (χ2n) is 33.3. The Kier molecular flexibility index (Phi) is 11.4. The highest BCUT2D eigenvalue weighted by molar-refractivity contribution is 6.10. The van der Waals surface area contributed by atoms with Gasteiger partial charge in [0.15, 0.2) is 0 Å². The van der Waals surface area contributed by atoms with Gasteiger partial charge in [0.05, 0.1) is 66.1 Å². The molecule has 0 radical (unpaired) electrons. The van der Waals surface area contributed by atoms with Crippen molar-refractivity contribution in [3.8, 4) is 106 Å². The van der Waals surface area contributed by atoms with Crippen LogP contribution in [-0.4, -0.2) is 4.57 Å². The van der Waals surface area contributed by atoms with Gasteiger partial charge in [0.2, 0.25) is 0 Å². The number of nitrogens with zero attached hydrogens (tertiary/aromatic N) is 3. The predicted octanol–water partition coefficient (Wildman–Crippen LogP) is 31.5. The van der Waals surface area contributed by atoms with Gasteiger partial charge in [-0.25, -0.2) is 0 Å². The number of anilines is 6. The molecule has 124 heavy (non-hydrogen) atoms. The van der Waals surface area contributed by atoms with Gasteiger partial charge in [-0.1, -0.05) is 390 Å². The molecular weight excluding hydrogens is 1500 g/mol. The van der Waals surface area contributed by atoms with Gasteiger partial charge in [-0.3, -0.25) is 0 Å². The summed E-state index contributed by atoms with van der Waals surface area (Å²) in [6.07, 6.45) is 0. The maximum Gasteiger partial charge on any atom is 0.0725 e. The third-order valence-electron chi connectivity index (χ3n) is 26.1. The number of hydrogen-bond acceptors (Lipinski definition) is 2. The molecule has 0 bridgehead atoms. The molecule has 1 heterocycles. The number of fused-ring (bicyclic) bond motifs is 26. The van der Waals surface area contributed by atoms with E-state index in [4.69, 9.17) is 2.74 Å². The zero-order valence-electron chi connectivity index (χ0n) is 91.2. The van der Waals surface area contributed by atoms with Crippen LogP contribution in [0.2, 0.25) is 0 Å². The monoisotopic (exact) mass is 1600 g/mol. The van der Waals surface area contributed by atoms with E-state index in [9.17, 15) is 30.2 Å². The van der Waals surface area contributed by atoms with E-state index in [2.05, 4.69) is 146 Å². The first kappa shape index (κ1) is 51.3. The molecule has 0 saturated heterocycles. The van der Waals surface area contributed by atoms with E-state index in [0.717, 1.165) is 93.6 Å². The van der Waals surface area contributed by atoms with Gasteiger partial charge in [-0.2, -0.15) is 0 Å². The molecule has 0 saturated carbocycles. The maximum atomic E-state index is 11.9. The van der Waals surface area contributed by atoms with Crippen molar-refractivity contribution < 1.29 is 32.9 Å². The Morgan fingerprint density at radius 3 is 1.04 bits per heavy atom. The molecule has 5 aliphatic rings. The Bertz CT molecular complexity index is 8860. The highest BCUT2D eigenvalue weighted by atomic mass is 15.2. The molecule has 0 N–H and O–H groups in total. The van der Waals surface area contributed by atoms with Gasteiger partial charge < -0.3 is 14.4 Å². The van der Waals surface area contributed by atoms with E-state index in [1.165, 1.54) is 0 Å². The lowest BCUT2D eigenvalue weighted by atomic mass is 9.70. The number of benzene rings is 19. The van der Waals surface area contributed by atoms with Crippen molar-refractivity contribution in [1.82, 2.24) is 4.57 Å². The van der Waals surface area contributed by atoms with Crippen molar-refractivity contribution >= 4 is 55.9 Å². The van der Waals surface area contributed by atoms with Gasteiger partial charge in [0, 0.05) is 67.4 Å². The fourth-order valence-electron chi connectivity index (χ4n) is 21.0. The summed E-state index contributed by atoms with van der Waals surface area (Å²) in [4.78, 5) is 3.31. The summed E-state index contributed by atoms with van der Waals surface area (Å²) in [6.45, 7) is 5.86. The van der Waals surface area contributed by atoms with Gasteiger partial charge in [-0.05, 0) is 223 Å². The molecule has 0 unspecified atom stereocenters. The molecule has 0 amide bonds. The molecule has 582 valence electrons. The second kappa shape index (κ2) is 27.6. The summed E-state index contributed by atoms with van der Waals surface area (Å²) in [5.41, 5.74) is 14.1. The fourth-order valence-corrected chi connectivity index (χ4v) is 21.0. The lowest BCUT2D eigenvalue weighted by Gasteiger charge is -2.36. The summed E-state index contributed by atoms with van der Waals surface area (Å²) in [5, 5.41) is -0.773. The van der Waals surface area contributed by atoms with Crippen molar-refractivity contribution in [2.75, 3.05) is 9.80 Å². The Morgan fingerprint density at radius 1 is 0.266 bits per heavy atom. The van der Waals surface area contributed by atoms with Crippen LogP contribution < -0.4 is 9.80 Å². The van der Waals surface area contributed by atoms with Crippen molar-refractivity contribution in [2.24, 2.45) is 0 Å². The first-order chi connectivity index (χ1) is 71.2. The molecule has 0 aliphatic heterocycles. The van der Waals surface area contributed by atoms with E-state index >= 15 is 0 Å². The topological polar surface area (TPSA) is 11.4 Å². The highest BCUT2D eigenvalue weighted by Gasteiger charge is 2.54. The molecule has 3 nitrogen and oxygen atoms in total. The van der Waals surface area contributed by atoms with Crippen LogP contribution in [-0.2, 0) is 16.2 Å². The average molecular weight is 1600 g/mol. The molecule has 5 aliphatic carbocycles. The summed E-state index contributed by atoms with van der Waals surface area (Å²) in [5.74, 6) is -1.88. The molecule has 1 aromatic heterocycles. The Balaban J connectivity index is 0.864. The summed E-state index contributed by atoms with van der Waals surface area (Å²) in [7, 11) is 0. The summed E-state index contributed by atoms with van der Waals surface area (Å²) < 4.78 is 242. The Morgan fingerprint density at radius 2 is 0.613 bits per heavy atom. The highest BCUT2D eigenvalue weighted by Crippen LogP contribution is 2.66. The van der Waals surface area contributed by atoms with Crippen LogP contribution in [0.3, 0.4) is 0 Å². The van der Waals surface area contributed by atoms with E-state index < -0.39 is 201 Å². The molecule has 25 rings (SSSR count). The standard InChI is InChI=1S/C121H83N3/c1-119(2,3)82-73-86(76-87(74-82)123(117-88(77-34-6-4-7-35-77)54-32-55-89(117)78-36-8-5-9-37-78)84-40-31-41-85(75-84)124-114-64-28-20-50-100(114)101-51-21-29-65-115(101)124)122(83-39-30-38-81(70-83)116-102-52-12-10-42-92(102)93-43-11-13-53-103(93)116)118-90(79-66-68-112-104(71-79)98-48-18-26-62-110(98)120(112)106-58-22-14-44-94(106)95-45-15-23-59-107(95)120)56-33-57-91(118)80-67-69-113-105(72-80)99-49-19-27-63-111(99)121(113)108-60-24-16-46-96(108)97-47-17-25-61-109(97)121/h4-76,116H,1-3H3/i10D,11D,12D,13D,20D,21D,28D,29D,30D,31D,38D,39D,40D,41D,42D,43D,50D,51D,52D,53D,64D,65D,70D,75D. The molecule has 0 atom stereocenters. The molecule has 0 fully saturated rings. The third kappa shape index (κ3) is 10.4. The van der Waals surface area contributed by atoms with Gasteiger partial charge in [0.25, 0.3) is 0 Å². The Labute approximate surface area is 757 Å². The second-order valence-corrected chi connectivity index (χ2v) is 33.3. The van der Waals surface area contributed by atoms with E-state index in [-0.39, 0.29) is 55.8 Å². The van der Waals surface area contributed by atoms with Crippen LogP contribution in [0, 0.1) is 0 Å². The molecular formula is C121H83N3. The zero-order valence-corrected chi connectivity index (χ0v) is 67.2. The SMILES string of the molecule is [2H]c1c([2H])c([2H])c2c(c1[2H])-c1c([2H])c([2H])c([2H])c([2H])c1C2c1c([2H])c([2H])c([2H])c(N(c2cc(N(c3c(-c4ccccc4)cccc3-c3ccccc3)c3c([2H])c([2H])c([2H])c(-n4c5c([2H])c([2H])c([2H])c([2H])c5c5c([2H])c([2H])c([2H])c([2H])c54)c3[2H])cc(C(C)(C)C)c2)c2c(-c3ccc4c(c3)-c3ccccc3C43c4ccccc4-c4ccccc43)cccc2-c2ccc3c(c2)-c2ccccc2C32c3ccccc3-c3ccccc32)c1[2H]. The van der Waals surface area contributed by atoms with Crippen molar-refractivity contribution in [3.05, 3.63) is 509 Å². The van der Waals surface area contributed by atoms with Crippen LogP contribution in [0.5, 0.6) is 0 Å². The molecule has 20 aromatic rings. The average Bonchev–Trinajstić information content (AvgIpc) is 1.51. The maximum absolute atomic E-state index is 11.9. The molecule has 3 heteroatoms. The van der Waals surface area contributed by atoms with Crippen molar-refractivity contribution in [1.29, 1.82) is 0 Å². The van der Waals surface area contributed by atoms with Crippen LogP contribution >= 0.6 is 0 Å². The normalized spacial score (nSPS) is 16.2. The minimum Gasteiger partial charge on any atom is -0.309 e. The summed E-state index contributed by atoms with van der Waals surface area (Å²) >= 11 is 0. The number of hydrogen-bond donors (Lipinski definition) is 0. The minimum absolute atomic E-state index is 0.0448. The van der Waals surface area contributed by atoms with Gasteiger partial charge >= 0.3 is 0 Å². The number of para-hydroxylation sites is 4. The van der Waals surface area contributed by atoms with E-state index in [1.54, 1.807) is 15.9 Å². The quantitative estimate of drug-likeness (QED) is 0.121. The van der Waals surface area contributed by atoms with Crippen LogP contribution in [0.25, 0.3) is 128 Å². The predicted molar refractivity (Wildman–Crippen MR) is 516 cm³/mol.